The minimum absolute atomic E-state index is 0.0620. The molecule has 2 nitrogen and oxygen atoms in total. The summed E-state index contributed by atoms with van der Waals surface area (Å²) in [6.07, 6.45) is 1.46. The van der Waals surface area contributed by atoms with Crippen LogP contribution in [0.2, 0.25) is 0 Å². The lowest BCUT2D eigenvalue weighted by Gasteiger charge is -2.33. The van der Waals surface area contributed by atoms with Crippen LogP contribution in [0.15, 0.2) is 60.7 Å². The summed E-state index contributed by atoms with van der Waals surface area (Å²) in [7, 11) is 0. The number of nitrogens with zero attached hydrogens (tertiary/aromatic N) is 1. The van der Waals surface area contributed by atoms with Crippen LogP contribution in [0.3, 0.4) is 0 Å². The van der Waals surface area contributed by atoms with Gasteiger partial charge in [-0.1, -0.05) is 60.7 Å². The monoisotopic (exact) mass is 299 g/mol. The van der Waals surface area contributed by atoms with Gasteiger partial charge in [0.2, 0.25) is 5.91 Å². The molecule has 1 saturated heterocycles. The molecule has 108 valence electrons. The maximum Gasteiger partial charge on any atom is 0.223 e. The van der Waals surface area contributed by atoms with Crippen molar-refractivity contribution in [3.63, 3.8) is 0 Å². The van der Waals surface area contributed by atoms with Crippen molar-refractivity contribution in [2.45, 2.75) is 24.9 Å². The van der Waals surface area contributed by atoms with Crippen molar-refractivity contribution in [2.24, 2.45) is 0 Å². The zero-order valence-corrected chi connectivity index (χ0v) is 12.5. The Morgan fingerprint density at radius 3 is 2.29 bits per heavy atom. The van der Waals surface area contributed by atoms with E-state index in [4.69, 9.17) is 11.6 Å². The van der Waals surface area contributed by atoms with Crippen molar-refractivity contribution in [1.29, 1.82) is 0 Å². The van der Waals surface area contributed by atoms with Gasteiger partial charge in [0.25, 0.3) is 0 Å². The smallest absolute Gasteiger partial charge is 0.223 e. The molecule has 0 N–H and O–H groups in total. The van der Waals surface area contributed by atoms with Gasteiger partial charge in [0.15, 0.2) is 0 Å². The fourth-order valence-electron chi connectivity index (χ4n) is 3.09. The van der Waals surface area contributed by atoms with E-state index in [1.165, 1.54) is 5.56 Å². The van der Waals surface area contributed by atoms with Crippen LogP contribution in [-0.4, -0.2) is 16.7 Å². The van der Waals surface area contributed by atoms with Crippen molar-refractivity contribution >= 4 is 17.5 Å². The predicted octanol–water partition coefficient (Wildman–Crippen LogP) is 4.33. The predicted molar refractivity (Wildman–Crippen MR) is 85.2 cm³/mol. The highest BCUT2D eigenvalue weighted by atomic mass is 35.5. The molecule has 1 aliphatic heterocycles. The van der Waals surface area contributed by atoms with E-state index in [0.717, 1.165) is 12.0 Å². The SMILES string of the molecule is O=C1CC[C@@H](c2ccccc2)N1[C@@H](CCl)c1ccccc1. The molecule has 2 aromatic rings. The third-order valence-electron chi connectivity index (χ3n) is 4.11. The number of hydrogen-bond acceptors (Lipinski definition) is 1. The number of carbonyl (C=O) groups is 1. The Kier molecular flexibility index (Phi) is 4.26. The maximum atomic E-state index is 12.4. The van der Waals surface area contributed by atoms with Crippen LogP contribution < -0.4 is 0 Å². The van der Waals surface area contributed by atoms with Crippen molar-refractivity contribution in [3.8, 4) is 0 Å². The lowest BCUT2D eigenvalue weighted by Crippen LogP contribution is -2.33. The summed E-state index contributed by atoms with van der Waals surface area (Å²) in [4.78, 5) is 14.4. The van der Waals surface area contributed by atoms with Crippen LogP contribution in [0.25, 0.3) is 0 Å². The Morgan fingerprint density at radius 2 is 1.67 bits per heavy atom. The first-order valence-electron chi connectivity index (χ1n) is 7.28. The van der Waals surface area contributed by atoms with Crippen LogP contribution >= 0.6 is 11.6 Å². The molecule has 2 aromatic carbocycles. The molecule has 1 amide bonds. The largest absolute Gasteiger partial charge is 0.327 e. The molecule has 0 bridgehead atoms. The Labute approximate surface area is 130 Å². The van der Waals surface area contributed by atoms with E-state index in [1.807, 2.05) is 53.4 Å². The summed E-state index contributed by atoms with van der Waals surface area (Å²) >= 11 is 6.21. The number of benzene rings is 2. The lowest BCUT2D eigenvalue weighted by atomic mass is 10.0. The molecule has 0 spiro atoms. The summed E-state index contributed by atoms with van der Waals surface area (Å²) < 4.78 is 0. The van der Waals surface area contributed by atoms with E-state index in [1.54, 1.807) is 0 Å². The van der Waals surface area contributed by atoms with E-state index in [2.05, 4.69) is 12.1 Å². The van der Waals surface area contributed by atoms with Gasteiger partial charge >= 0.3 is 0 Å². The minimum Gasteiger partial charge on any atom is -0.327 e. The molecule has 0 radical (unpaired) electrons. The number of rotatable bonds is 4. The van der Waals surface area contributed by atoms with Gasteiger partial charge in [-0.15, -0.1) is 11.6 Å². The van der Waals surface area contributed by atoms with Crippen LogP contribution in [0.5, 0.6) is 0 Å². The Morgan fingerprint density at radius 1 is 1.05 bits per heavy atom. The molecule has 0 aromatic heterocycles. The van der Waals surface area contributed by atoms with Gasteiger partial charge in [0.1, 0.15) is 0 Å². The van der Waals surface area contributed by atoms with Gasteiger partial charge in [-0.2, -0.15) is 0 Å². The topological polar surface area (TPSA) is 20.3 Å². The average Bonchev–Trinajstić information content (AvgIpc) is 2.92. The Hall–Kier alpha value is -1.80. The fraction of sp³-hybridized carbons (Fsp3) is 0.278. The van der Waals surface area contributed by atoms with Crippen molar-refractivity contribution in [1.82, 2.24) is 4.90 Å². The van der Waals surface area contributed by atoms with Gasteiger partial charge in [-0.25, -0.2) is 0 Å². The average molecular weight is 300 g/mol. The molecule has 1 fully saturated rings. The number of amides is 1. The number of alkyl halides is 1. The van der Waals surface area contributed by atoms with E-state index in [9.17, 15) is 4.79 Å². The molecule has 0 saturated carbocycles. The lowest BCUT2D eigenvalue weighted by molar-refractivity contribution is -0.131. The second-order valence-electron chi connectivity index (χ2n) is 5.35. The molecular formula is C18H18ClNO. The first-order valence-corrected chi connectivity index (χ1v) is 7.81. The molecular weight excluding hydrogens is 282 g/mol. The van der Waals surface area contributed by atoms with Gasteiger partial charge in [-0.05, 0) is 17.5 Å². The van der Waals surface area contributed by atoms with Gasteiger partial charge in [-0.3, -0.25) is 4.79 Å². The van der Waals surface area contributed by atoms with E-state index in [-0.39, 0.29) is 18.0 Å². The standard InChI is InChI=1S/C18H18ClNO/c19-13-17(15-9-5-2-6-10-15)20-16(11-12-18(20)21)14-7-3-1-4-8-14/h1-10,16-17H,11-13H2/t16-,17-/m0/s1. The second-order valence-corrected chi connectivity index (χ2v) is 5.66. The molecule has 21 heavy (non-hydrogen) atoms. The van der Waals surface area contributed by atoms with E-state index >= 15 is 0 Å². The second kappa shape index (κ2) is 6.31. The maximum absolute atomic E-state index is 12.4. The van der Waals surface area contributed by atoms with E-state index in [0.29, 0.717) is 12.3 Å². The van der Waals surface area contributed by atoms with E-state index < -0.39 is 0 Å². The summed E-state index contributed by atoms with van der Waals surface area (Å²) in [6.45, 7) is 0. The molecule has 2 atom stereocenters. The molecule has 1 aliphatic rings. The fourth-order valence-corrected chi connectivity index (χ4v) is 3.42. The number of hydrogen-bond donors (Lipinski definition) is 0. The third kappa shape index (κ3) is 2.81. The first-order chi connectivity index (χ1) is 10.3. The molecule has 0 aliphatic carbocycles. The van der Waals surface area contributed by atoms with Crippen molar-refractivity contribution < 1.29 is 4.79 Å². The summed E-state index contributed by atoms with van der Waals surface area (Å²) in [6, 6.07) is 20.3. The molecule has 0 unspecified atom stereocenters. The number of halogens is 1. The molecule has 3 rings (SSSR count). The van der Waals surface area contributed by atoms with Gasteiger partial charge in [0.05, 0.1) is 12.1 Å². The summed E-state index contributed by atoms with van der Waals surface area (Å²) in [5, 5.41) is 0. The number of likely N-dealkylation sites (tertiary alicyclic amines) is 1. The van der Waals surface area contributed by atoms with Crippen LogP contribution in [0, 0.1) is 0 Å². The quantitative estimate of drug-likeness (QED) is 0.770. The Balaban J connectivity index is 1.95. The third-order valence-corrected chi connectivity index (χ3v) is 4.40. The highest BCUT2D eigenvalue weighted by Gasteiger charge is 2.37. The van der Waals surface area contributed by atoms with Crippen LogP contribution in [-0.2, 0) is 4.79 Å². The van der Waals surface area contributed by atoms with Crippen molar-refractivity contribution in [3.05, 3.63) is 71.8 Å². The van der Waals surface area contributed by atoms with Gasteiger partial charge in [0, 0.05) is 12.3 Å². The Bertz CT molecular complexity index is 599. The zero-order valence-electron chi connectivity index (χ0n) is 11.8. The summed E-state index contributed by atoms with van der Waals surface area (Å²) in [5.41, 5.74) is 2.29. The summed E-state index contributed by atoms with van der Waals surface area (Å²) in [5.74, 6) is 0.609. The normalized spacial score (nSPS) is 19.8. The van der Waals surface area contributed by atoms with Crippen LogP contribution in [0.4, 0.5) is 0 Å². The molecule has 1 heterocycles. The highest BCUT2D eigenvalue weighted by Crippen LogP contribution is 2.39. The minimum atomic E-state index is -0.0620. The zero-order chi connectivity index (χ0) is 14.7. The van der Waals surface area contributed by atoms with Gasteiger partial charge < -0.3 is 4.90 Å². The van der Waals surface area contributed by atoms with Crippen LogP contribution in [0.1, 0.15) is 36.1 Å². The molecule has 3 heteroatoms. The first kappa shape index (κ1) is 14.2. The highest BCUT2D eigenvalue weighted by molar-refractivity contribution is 6.18. The number of carbonyl (C=O) groups excluding carboxylic acids is 1. The van der Waals surface area contributed by atoms with Crippen molar-refractivity contribution in [2.75, 3.05) is 5.88 Å².